The van der Waals surface area contributed by atoms with E-state index in [-0.39, 0.29) is 31.2 Å². The highest BCUT2D eigenvalue weighted by Crippen LogP contribution is 2.46. The number of hydrogen-bond donors (Lipinski definition) is 3. The van der Waals surface area contributed by atoms with Crippen molar-refractivity contribution in [1.82, 2.24) is 30.2 Å². The van der Waals surface area contributed by atoms with Crippen LogP contribution in [0.2, 0.25) is 5.02 Å². The second-order valence-corrected chi connectivity index (χ2v) is 17.5. The Bertz CT molecular complexity index is 2030. The van der Waals surface area contributed by atoms with Gasteiger partial charge in [-0.3, -0.25) is 14.3 Å². The lowest BCUT2D eigenvalue weighted by molar-refractivity contribution is -0.131. The third-order valence-electron chi connectivity index (χ3n) is 10.2. The maximum Gasteiger partial charge on any atom is 0.318 e. The van der Waals surface area contributed by atoms with Gasteiger partial charge < -0.3 is 25.0 Å². The van der Waals surface area contributed by atoms with Crippen molar-refractivity contribution in [1.29, 1.82) is 0 Å². The molecule has 2 aliphatic carbocycles. The van der Waals surface area contributed by atoms with Crippen LogP contribution >= 0.6 is 22.9 Å². The van der Waals surface area contributed by atoms with Crippen LogP contribution in [0.25, 0.3) is 21.6 Å². The van der Waals surface area contributed by atoms with E-state index < -0.39 is 50.8 Å². The van der Waals surface area contributed by atoms with Crippen molar-refractivity contribution in [3.8, 4) is 22.2 Å². The highest BCUT2D eigenvalue weighted by atomic mass is 35.5. The minimum absolute atomic E-state index is 0.0836. The Balaban J connectivity index is 1.20. The molecule has 3 aromatic rings. The molecule has 2 aromatic heterocycles. The molecule has 4 aliphatic rings. The highest BCUT2D eigenvalue weighted by molar-refractivity contribution is 7.91. The molecule has 2 saturated carbocycles. The molecule has 4 heterocycles. The van der Waals surface area contributed by atoms with Crippen molar-refractivity contribution < 1.29 is 32.3 Å². The molecule has 1 aromatic carbocycles. The number of aromatic nitrogens is 2. The summed E-state index contributed by atoms with van der Waals surface area (Å²) in [5.41, 5.74) is 0.508. The molecular weight excluding hydrogens is 728 g/mol. The lowest BCUT2D eigenvalue weighted by Gasteiger charge is -2.26. The molecular formula is C36H43ClN6O7S2. The van der Waals surface area contributed by atoms with Crippen molar-refractivity contribution in [2.75, 3.05) is 20.2 Å². The smallest absolute Gasteiger partial charge is 0.318 e. The maximum absolute atomic E-state index is 14.2. The Hall–Kier alpha value is -3.95. The molecule has 7 rings (SSSR count). The molecule has 1 saturated heterocycles. The van der Waals surface area contributed by atoms with Gasteiger partial charge in [0, 0.05) is 35.7 Å². The van der Waals surface area contributed by atoms with Crippen molar-refractivity contribution in [3.05, 3.63) is 46.4 Å². The van der Waals surface area contributed by atoms with E-state index >= 15 is 0 Å². The van der Waals surface area contributed by atoms with Crippen LogP contribution in [0.15, 0.2) is 35.7 Å². The van der Waals surface area contributed by atoms with Crippen LogP contribution in [0.3, 0.4) is 0 Å². The molecule has 0 spiro atoms. The number of sulfonamides is 1. The third kappa shape index (κ3) is 7.31. The van der Waals surface area contributed by atoms with E-state index in [1.54, 1.807) is 18.2 Å². The minimum Gasteiger partial charge on any atom is -0.495 e. The Morgan fingerprint density at radius 1 is 1.15 bits per heavy atom. The second kappa shape index (κ2) is 14.5. The number of carbonyl (C=O) groups excluding carboxylic acids is 3. The number of urea groups is 1. The predicted octanol–water partition coefficient (Wildman–Crippen LogP) is 5.29. The molecule has 16 heteroatoms. The number of amides is 4. The van der Waals surface area contributed by atoms with Gasteiger partial charge in [0.15, 0.2) is 0 Å². The number of methoxy groups -OCH3 is 1. The fraction of sp³-hybridized carbons (Fsp3) is 0.528. The summed E-state index contributed by atoms with van der Waals surface area (Å²) < 4.78 is 39.9. The molecule has 3 unspecified atom stereocenters. The average molecular weight is 771 g/mol. The number of allylic oxidation sites excluding steroid dienone is 1. The van der Waals surface area contributed by atoms with Crippen LogP contribution in [-0.4, -0.2) is 84.3 Å². The average Bonchev–Trinajstić information content (AvgIpc) is 3.98. The molecule has 2 aliphatic heterocycles. The first-order chi connectivity index (χ1) is 24.9. The number of halogens is 1. The molecule has 0 radical (unpaired) electrons. The summed E-state index contributed by atoms with van der Waals surface area (Å²) >= 11 is 8.24. The van der Waals surface area contributed by atoms with Crippen LogP contribution in [0.5, 0.6) is 11.5 Å². The summed E-state index contributed by atoms with van der Waals surface area (Å²) in [4.78, 5) is 52.5. The number of pyridine rings is 1. The lowest BCUT2D eigenvalue weighted by Crippen LogP contribution is -2.57. The third-order valence-corrected chi connectivity index (χ3v) is 13.2. The maximum atomic E-state index is 14.2. The number of rotatable bonds is 8. The summed E-state index contributed by atoms with van der Waals surface area (Å²) in [5, 5.41) is 8.86. The van der Waals surface area contributed by atoms with Gasteiger partial charge in [0.1, 0.15) is 44.9 Å². The molecule has 13 nitrogen and oxygen atoms in total. The van der Waals surface area contributed by atoms with Gasteiger partial charge in [-0.15, -0.1) is 11.3 Å². The number of benzene rings is 1. The topological polar surface area (TPSA) is 169 Å². The van der Waals surface area contributed by atoms with Crippen molar-refractivity contribution >= 4 is 61.7 Å². The van der Waals surface area contributed by atoms with E-state index in [2.05, 4.69) is 29.2 Å². The number of hydrogen-bond acceptors (Lipinski definition) is 10. The van der Waals surface area contributed by atoms with Gasteiger partial charge in [-0.25, -0.2) is 23.2 Å². The fourth-order valence-electron chi connectivity index (χ4n) is 6.87. The fourth-order valence-corrected chi connectivity index (χ4v) is 9.45. The lowest BCUT2D eigenvalue weighted by atomic mass is 10.1. The quantitative estimate of drug-likeness (QED) is 0.258. The first kappa shape index (κ1) is 36.4. The first-order valence-corrected chi connectivity index (χ1v) is 20.6. The Labute approximate surface area is 311 Å². The Kier molecular flexibility index (Phi) is 10.1. The van der Waals surface area contributed by atoms with Crippen molar-refractivity contribution in [3.63, 3.8) is 0 Å². The van der Waals surface area contributed by atoms with Crippen molar-refractivity contribution in [2.45, 2.75) is 94.1 Å². The normalized spacial score (nSPS) is 25.4. The van der Waals surface area contributed by atoms with Crippen LogP contribution in [0.4, 0.5) is 4.79 Å². The Morgan fingerprint density at radius 2 is 1.96 bits per heavy atom. The minimum atomic E-state index is -3.85. The first-order valence-electron chi connectivity index (χ1n) is 17.8. The number of ether oxygens (including phenoxy) is 2. The van der Waals surface area contributed by atoms with E-state index in [0.29, 0.717) is 57.5 Å². The van der Waals surface area contributed by atoms with E-state index in [0.717, 1.165) is 31.4 Å². The van der Waals surface area contributed by atoms with E-state index in [9.17, 15) is 22.8 Å². The van der Waals surface area contributed by atoms with Gasteiger partial charge in [0.2, 0.25) is 15.9 Å². The van der Waals surface area contributed by atoms with Gasteiger partial charge in [0.25, 0.3) is 5.91 Å². The number of nitrogens with zero attached hydrogens (tertiary/aromatic N) is 3. The van der Waals surface area contributed by atoms with Gasteiger partial charge in [-0.2, -0.15) is 0 Å². The summed E-state index contributed by atoms with van der Waals surface area (Å²) in [5.74, 6) is -0.559. The molecule has 52 heavy (non-hydrogen) atoms. The van der Waals surface area contributed by atoms with Crippen LogP contribution in [-0.2, 0) is 19.6 Å². The molecule has 4 atom stereocenters. The van der Waals surface area contributed by atoms with Crippen LogP contribution in [0, 0.1) is 5.92 Å². The van der Waals surface area contributed by atoms with Crippen molar-refractivity contribution in [2.24, 2.45) is 5.92 Å². The summed E-state index contributed by atoms with van der Waals surface area (Å²) in [6.45, 7) is 4.66. The van der Waals surface area contributed by atoms with Gasteiger partial charge in [-0.1, -0.05) is 44.0 Å². The summed E-state index contributed by atoms with van der Waals surface area (Å²) in [6, 6.07) is 3.92. The number of fused-ring (bicyclic) bond motifs is 3. The zero-order valence-electron chi connectivity index (χ0n) is 29.3. The summed E-state index contributed by atoms with van der Waals surface area (Å²) in [7, 11) is -2.32. The zero-order chi connectivity index (χ0) is 36.8. The second-order valence-electron chi connectivity index (χ2n) is 14.3. The predicted molar refractivity (Wildman–Crippen MR) is 198 cm³/mol. The Morgan fingerprint density at radius 3 is 2.69 bits per heavy atom. The van der Waals surface area contributed by atoms with E-state index in [1.807, 2.05) is 17.5 Å². The van der Waals surface area contributed by atoms with Gasteiger partial charge in [0.05, 0.1) is 30.1 Å². The highest BCUT2D eigenvalue weighted by Gasteiger charge is 2.62. The SMILES string of the molecule is COc1ccc2c(OC3C[C@H]4C(=O)NC5(C(=O)NS(=O)(=O)C6CC6)CC5C=CCCCCCNC(=O)N4C3)cc(-c3nc(C(C)C)cs3)nc2c1Cl. The molecule has 278 valence electrons. The monoisotopic (exact) mass is 770 g/mol. The molecule has 4 amide bonds. The number of thiazole rings is 1. The summed E-state index contributed by atoms with van der Waals surface area (Å²) in [6.07, 6.45) is 7.93. The van der Waals surface area contributed by atoms with Crippen LogP contribution < -0.4 is 24.8 Å². The molecule has 3 N–H and O–H groups in total. The number of carbonyl (C=O) groups is 3. The zero-order valence-corrected chi connectivity index (χ0v) is 31.7. The standard InChI is InChI=1S/C36H43ClN6O7S2/c1-20(2)26-19-51-33(40-26)25-16-29(24-12-13-28(49-3)30(37)31(24)39-25)50-22-15-27-32(44)41-36(34(45)42-52(47,48)23-10-11-23)17-21(36)9-7-5-4-6-8-14-38-35(46)43(27)18-22/h7,9,12-13,16,19-23,27H,4-6,8,10-11,14-15,17-18H2,1-3H3,(H,38,46)(H,41,44)(H,42,45)/t21?,22?,27-,36?/m0/s1. The number of nitrogens with one attached hydrogen (secondary N) is 3. The largest absolute Gasteiger partial charge is 0.495 e. The van der Waals surface area contributed by atoms with E-state index in [4.69, 9.17) is 31.0 Å². The van der Waals surface area contributed by atoms with Crippen LogP contribution in [0.1, 0.15) is 76.8 Å². The molecule has 0 bridgehead atoms. The van der Waals surface area contributed by atoms with Gasteiger partial charge in [-0.05, 0) is 56.6 Å². The molecule has 3 fully saturated rings. The van der Waals surface area contributed by atoms with E-state index in [1.165, 1.54) is 23.3 Å². The van der Waals surface area contributed by atoms with Gasteiger partial charge >= 0.3 is 6.03 Å².